The van der Waals surface area contributed by atoms with Crippen molar-refractivity contribution in [2.24, 2.45) is 0 Å². The number of aromatic nitrogens is 1. The summed E-state index contributed by atoms with van der Waals surface area (Å²) in [6.45, 7) is 2.00. The molecule has 0 aliphatic heterocycles. The third-order valence-corrected chi connectivity index (χ3v) is 3.64. The maximum Gasteiger partial charge on any atom is 0.376 e. The van der Waals surface area contributed by atoms with Gasteiger partial charge in [-0.2, -0.15) is 0 Å². The largest absolute Gasteiger partial charge is 0.464 e. The minimum atomic E-state index is -0.765. The van der Waals surface area contributed by atoms with Gasteiger partial charge in [0.1, 0.15) is 0 Å². The highest BCUT2D eigenvalue weighted by Gasteiger charge is 2.28. The van der Waals surface area contributed by atoms with Gasteiger partial charge in [-0.05, 0) is 23.4 Å². The molecule has 20 heavy (non-hydrogen) atoms. The molecule has 106 valence electrons. The van der Waals surface area contributed by atoms with Crippen LogP contribution in [0.25, 0.3) is 10.8 Å². The van der Waals surface area contributed by atoms with Gasteiger partial charge in [-0.1, -0.05) is 6.92 Å². The fourth-order valence-corrected chi connectivity index (χ4v) is 2.61. The van der Waals surface area contributed by atoms with E-state index in [0.29, 0.717) is 0 Å². The zero-order chi connectivity index (χ0) is 14.7. The van der Waals surface area contributed by atoms with E-state index in [1.165, 1.54) is 25.6 Å². The highest BCUT2D eigenvalue weighted by atomic mass is 32.1. The van der Waals surface area contributed by atoms with Crippen LogP contribution in [-0.4, -0.2) is 31.1 Å². The molecule has 0 aliphatic rings. The van der Waals surface area contributed by atoms with Crippen molar-refractivity contribution in [3.63, 3.8) is 0 Å². The van der Waals surface area contributed by atoms with Gasteiger partial charge >= 0.3 is 11.9 Å². The van der Waals surface area contributed by atoms with Crippen LogP contribution < -0.4 is 0 Å². The smallest absolute Gasteiger partial charge is 0.376 e. The Hall–Kier alpha value is -2.15. The molecule has 2 aromatic heterocycles. The summed E-state index contributed by atoms with van der Waals surface area (Å²) >= 11 is 1.43. The van der Waals surface area contributed by atoms with Crippen LogP contribution in [0.5, 0.6) is 0 Å². The van der Waals surface area contributed by atoms with Gasteiger partial charge in [0.15, 0.2) is 0 Å². The van der Waals surface area contributed by atoms with Crippen molar-refractivity contribution in [3.8, 4) is 10.8 Å². The number of ether oxygens (including phenoxy) is 2. The quantitative estimate of drug-likeness (QED) is 0.806. The number of thiophene rings is 1. The Bertz CT molecular complexity index is 609. The van der Waals surface area contributed by atoms with Gasteiger partial charge in [-0.3, -0.25) is 0 Å². The summed E-state index contributed by atoms with van der Waals surface area (Å²) in [5.74, 6) is -1.53. The molecule has 0 aromatic carbocycles. The molecule has 0 fully saturated rings. The number of hydrogen-bond acceptors (Lipinski definition) is 7. The average molecular weight is 295 g/mol. The normalized spacial score (nSPS) is 10.3. The summed E-state index contributed by atoms with van der Waals surface area (Å²) < 4.78 is 14.6. The molecule has 0 spiro atoms. The number of oxazole rings is 1. The monoisotopic (exact) mass is 295 g/mol. The second-order valence-electron chi connectivity index (χ2n) is 3.81. The Kier molecular flexibility index (Phi) is 4.19. The molecule has 6 nitrogen and oxygen atoms in total. The lowest BCUT2D eigenvalue weighted by atomic mass is 10.2. The Labute approximate surface area is 119 Å². The molecule has 7 heteroatoms. The van der Waals surface area contributed by atoms with E-state index < -0.39 is 11.9 Å². The summed E-state index contributed by atoms with van der Waals surface area (Å²) in [4.78, 5) is 28.1. The third kappa shape index (κ3) is 2.44. The number of nitrogens with zero attached hydrogens (tertiary/aromatic N) is 1. The highest BCUT2D eigenvalue weighted by Crippen LogP contribution is 2.31. The fourth-order valence-electron chi connectivity index (χ4n) is 1.69. The fraction of sp³-hybridized carbons (Fsp3) is 0.308. The van der Waals surface area contributed by atoms with Crippen molar-refractivity contribution >= 4 is 23.3 Å². The highest BCUT2D eigenvalue weighted by molar-refractivity contribution is 7.13. The van der Waals surface area contributed by atoms with Crippen molar-refractivity contribution in [2.45, 2.75) is 13.3 Å². The SMILES string of the molecule is CCc1ccsc1-c1nc(C(=O)OC)c(C(=O)OC)o1. The van der Waals surface area contributed by atoms with Crippen LogP contribution in [-0.2, 0) is 15.9 Å². The molecule has 0 amide bonds. The van der Waals surface area contributed by atoms with E-state index in [1.807, 2.05) is 18.4 Å². The van der Waals surface area contributed by atoms with Crippen LogP contribution in [0.1, 0.15) is 33.5 Å². The van der Waals surface area contributed by atoms with Gasteiger partial charge < -0.3 is 13.9 Å². The average Bonchev–Trinajstić information content (AvgIpc) is 3.11. The lowest BCUT2D eigenvalue weighted by Gasteiger charge is -1.96. The van der Waals surface area contributed by atoms with E-state index in [9.17, 15) is 9.59 Å². The molecule has 0 aliphatic carbocycles. The first kappa shape index (κ1) is 14.3. The van der Waals surface area contributed by atoms with E-state index in [-0.39, 0.29) is 17.3 Å². The molecule has 2 aromatic rings. The molecule has 0 radical (unpaired) electrons. The zero-order valence-corrected chi connectivity index (χ0v) is 12.1. The second-order valence-corrected chi connectivity index (χ2v) is 4.72. The van der Waals surface area contributed by atoms with E-state index >= 15 is 0 Å². The maximum absolute atomic E-state index is 11.6. The van der Waals surface area contributed by atoms with Crippen LogP contribution in [0, 0.1) is 0 Å². The Morgan fingerprint density at radius 1 is 1.30 bits per heavy atom. The number of rotatable bonds is 4. The van der Waals surface area contributed by atoms with Gasteiger partial charge in [0.2, 0.25) is 17.3 Å². The summed E-state index contributed by atoms with van der Waals surface area (Å²) in [7, 11) is 2.41. The van der Waals surface area contributed by atoms with Gasteiger partial charge in [0.05, 0.1) is 19.1 Å². The van der Waals surface area contributed by atoms with Crippen LogP contribution >= 0.6 is 11.3 Å². The summed E-state index contributed by atoms with van der Waals surface area (Å²) in [6.07, 6.45) is 0.794. The molecule has 0 saturated carbocycles. The molecular formula is C13H13NO5S. The number of carbonyl (C=O) groups is 2. The van der Waals surface area contributed by atoms with Crippen molar-refractivity contribution in [3.05, 3.63) is 28.5 Å². The predicted molar refractivity (Wildman–Crippen MR) is 71.9 cm³/mol. The standard InChI is InChI=1S/C13H13NO5S/c1-4-7-5-6-20-10(7)11-14-8(12(15)17-2)9(19-11)13(16)18-3/h5-6H,4H2,1-3H3. The molecule has 0 atom stereocenters. The third-order valence-electron chi connectivity index (χ3n) is 2.70. The molecule has 0 unspecified atom stereocenters. The van der Waals surface area contributed by atoms with Crippen molar-refractivity contribution in [2.75, 3.05) is 14.2 Å². The first-order chi connectivity index (χ1) is 9.62. The van der Waals surface area contributed by atoms with E-state index in [1.54, 1.807) is 0 Å². The lowest BCUT2D eigenvalue weighted by Crippen LogP contribution is -2.10. The minimum Gasteiger partial charge on any atom is -0.464 e. The molecule has 0 saturated heterocycles. The molecule has 2 rings (SSSR count). The van der Waals surface area contributed by atoms with Crippen LogP contribution in [0.3, 0.4) is 0 Å². The van der Waals surface area contributed by atoms with E-state index in [4.69, 9.17) is 4.42 Å². The van der Waals surface area contributed by atoms with Crippen LogP contribution in [0.4, 0.5) is 0 Å². The first-order valence-electron chi connectivity index (χ1n) is 5.86. The number of carbonyl (C=O) groups excluding carboxylic acids is 2. The minimum absolute atomic E-state index is 0.176. The Morgan fingerprint density at radius 2 is 2.00 bits per heavy atom. The molecule has 2 heterocycles. The van der Waals surface area contributed by atoms with Crippen LogP contribution in [0.2, 0.25) is 0 Å². The van der Waals surface area contributed by atoms with Gasteiger partial charge in [-0.15, -0.1) is 11.3 Å². The number of hydrogen-bond donors (Lipinski definition) is 0. The van der Waals surface area contributed by atoms with Crippen molar-refractivity contribution < 1.29 is 23.5 Å². The lowest BCUT2D eigenvalue weighted by molar-refractivity contribution is 0.0527. The Morgan fingerprint density at radius 3 is 2.60 bits per heavy atom. The van der Waals surface area contributed by atoms with Gasteiger partial charge in [0.25, 0.3) is 0 Å². The molecule has 0 N–H and O–H groups in total. The van der Waals surface area contributed by atoms with Gasteiger partial charge in [-0.25, -0.2) is 14.6 Å². The predicted octanol–water partition coefficient (Wildman–Crippen LogP) is 2.54. The van der Waals surface area contributed by atoms with Gasteiger partial charge in [0, 0.05) is 0 Å². The first-order valence-corrected chi connectivity index (χ1v) is 6.74. The zero-order valence-electron chi connectivity index (χ0n) is 11.3. The maximum atomic E-state index is 11.6. The Balaban J connectivity index is 2.54. The second kappa shape index (κ2) is 5.87. The number of methoxy groups -OCH3 is 2. The number of esters is 2. The van der Waals surface area contributed by atoms with Crippen molar-refractivity contribution in [1.82, 2.24) is 4.98 Å². The summed E-state index contributed by atoms with van der Waals surface area (Å²) in [5.41, 5.74) is 0.855. The van der Waals surface area contributed by atoms with Crippen LogP contribution in [0.15, 0.2) is 15.9 Å². The topological polar surface area (TPSA) is 78.6 Å². The van der Waals surface area contributed by atoms with E-state index in [2.05, 4.69) is 14.5 Å². The van der Waals surface area contributed by atoms with Crippen molar-refractivity contribution in [1.29, 1.82) is 0 Å². The van der Waals surface area contributed by atoms with E-state index in [0.717, 1.165) is 16.9 Å². The molecule has 0 bridgehead atoms. The summed E-state index contributed by atoms with van der Waals surface area (Å²) in [5, 5.41) is 1.90. The molecular weight excluding hydrogens is 282 g/mol. The summed E-state index contributed by atoms with van der Waals surface area (Å²) in [6, 6.07) is 1.94. The number of aryl methyl sites for hydroxylation is 1.